The van der Waals surface area contributed by atoms with Gasteiger partial charge >= 0.3 is 6.16 Å². The molecule has 0 aromatic heterocycles. The van der Waals surface area contributed by atoms with E-state index in [-0.39, 0.29) is 0 Å². The average Bonchev–Trinajstić information content (AvgIpc) is 2.60. The van der Waals surface area contributed by atoms with Crippen molar-refractivity contribution in [2.45, 2.75) is 45.6 Å². The molecule has 2 aromatic carbocycles. The fraction of sp³-hybridized carbons (Fsp3) is 0.318. The molecule has 0 amide bonds. The van der Waals surface area contributed by atoms with Crippen LogP contribution in [-0.4, -0.2) is 11.8 Å². The van der Waals surface area contributed by atoms with E-state index in [0.29, 0.717) is 5.75 Å². The Labute approximate surface area is 150 Å². The van der Waals surface area contributed by atoms with Crippen LogP contribution in [0.4, 0.5) is 4.79 Å². The predicted octanol–water partition coefficient (Wildman–Crippen LogP) is 6.34. The van der Waals surface area contributed by atoms with Gasteiger partial charge in [-0.05, 0) is 49.9 Å². The molecule has 0 atom stereocenters. The Morgan fingerprint density at radius 3 is 2.16 bits per heavy atom. The summed E-state index contributed by atoms with van der Waals surface area (Å²) in [6.07, 6.45) is 6.31. The zero-order valence-corrected chi connectivity index (χ0v) is 15.2. The van der Waals surface area contributed by atoms with Crippen LogP contribution >= 0.6 is 0 Å². The lowest BCUT2D eigenvalue weighted by molar-refractivity contribution is 0.00302. The number of ether oxygens (including phenoxy) is 2. The quantitative estimate of drug-likeness (QED) is 0.335. The van der Waals surface area contributed by atoms with E-state index in [4.69, 9.17) is 9.47 Å². The Hall–Kier alpha value is -2.55. The van der Waals surface area contributed by atoms with Crippen LogP contribution in [0.1, 0.15) is 51.2 Å². The minimum atomic E-state index is -0.659. The van der Waals surface area contributed by atoms with Crippen molar-refractivity contribution < 1.29 is 14.3 Å². The second-order valence-corrected chi connectivity index (χ2v) is 6.63. The molecule has 0 aliphatic carbocycles. The molecule has 0 aliphatic heterocycles. The van der Waals surface area contributed by atoms with Gasteiger partial charge in [0, 0.05) is 0 Å². The molecule has 0 bridgehead atoms. The number of hydrogen-bond donors (Lipinski definition) is 0. The molecule has 0 N–H and O–H groups in total. The molecular weight excluding hydrogens is 312 g/mol. The van der Waals surface area contributed by atoms with Crippen molar-refractivity contribution >= 4 is 18.3 Å². The number of rotatable bonds is 7. The second kappa shape index (κ2) is 9.07. The first-order valence-electron chi connectivity index (χ1n) is 8.72. The molecule has 0 saturated carbocycles. The highest BCUT2D eigenvalue weighted by Crippen LogP contribution is 2.20. The van der Waals surface area contributed by atoms with Gasteiger partial charge in [-0.25, -0.2) is 4.79 Å². The molecule has 0 saturated heterocycles. The van der Waals surface area contributed by atoms with E-state index < -0.39 is 11.8 Å². The summed E-state index contributed by atoms with van der Waals surface area (Å²) in [7, 11) is 0. The van der Waals surface area contributed by atoms with Crippen LogP contribution in [0.25, 0.3) is 12.2 Å². The summed E-state index contributed by atoms with van der Waals surface area (Å²) in [6, 6.07) is 17.4. The molecular formula is C22H26O3. The molecule has 0 heterocycles. The van der Waals surface area contributed by atoms with Crippen molar-refractivity contribution in [3.8, 4) is 5.75 Å². The zero-order chi connectivity index (χ0) is 18.1. The van der Waals surface area contributed by atoms with Crippen molar-refractivity contribution in [2.75, 3.05) is 0 Å². The molecule has 25 heavy (non-hydrogen) atoms. The maximum absolute atomic E-state index is 11.9. The van der Waals surface area contributed by atoms with E-state index in [1.54, 1.807) is 12.1 Å². The third kappa shape index (κ3) is 6.84. The van der Waals surface area contributed by atoms with E-state index in [1.807, 2.05) is 68.5 Å². The second-order valence-electron chi connectivity index (χ2n) is 6.63. The van der Waals surface area contributed by atoms with Crippen LogP contribution in [0.3, 0.4) is 0 Å². The SMILES string of the molecule is CCCCC(C)(C)OC(=O)Oc1ccc(C=Cc2ccccc2)cc1. The lowest BCUT2D eigenvalue weighted by Gasteiger charge is -2.24. The largest absolute Gasteiger partial charge is 0.514 e. The molecule has 132 valence electrons. The van der Waals surface area contributed by atoms with Gasteiger partial charge < -0.3 is 9.47 Å². The summed E-state index contributed by atoms with van der Waals surface area (Å²) < 4.78 is 10.7. The third-order valence-electron chi connectivity index (χ3n) is 3.84. The van der Waals surface area contributed by atoms with Crippen LogP contribution in [0, 0.1) is 0 Å². The Morgan fingerprint density at radius 2 is 1.56 bits per heavy atom. The van der Waals surface area contributed by atoms with Gasteiger partial charge in [-0.3, -0.25) is 0 Å². The summed E-state index contributed by atoms with van der Waals surface area (Å²) in [5, 5.41) is 0. The van der Waals surface area contributed by atoms with Crippen molar-refractivity contribution in [1.82, 2.24) is 0 Å². The Kier molecular flexibility index (Phi) is 6.81. The van der Waals surface area contributed by atoms with Gasteiger partial charge in [0.05, 0.1) is 0 Å². The van der Waals surface area contributed by atoms with Crippen molar-refractivity contribution in [1.29, 1.82) is 0 Å². The molecule has 0 unspecified atom stereocenters. The van der Waals surface area contributed by atoms with E-state index in [2.05, 4.69) is 6.92 Å². The summed E-state index contributed by atoms with van der Waals surface area (Å²) in [4.78, 5) is 11.9. The van der Waals surface area contributed by atoms with E-state index in [9.17, 15) is 4.79 Å². The summed E-state index contributed by atoms with van der Waals surface area (Å²) in [5.41, 5.74) is 1.67. The van der Waals surface area contributed by atoms with Gasteiger partial charge in [0.1, 0.15) is 11.4 Å². The van der Waals surface area contributed by atoms with Crippen LogP contribution in [0.5, 0.6) is 5.75 Å². The van der Waals surface area contributed by atoms with E-state index in [0.717, 1.165) is 30.4 Å². The van der Waals surface area contributed by atoms with Crippen molar-refractivity contribution in [2.24, 2.45) is 0 Å². The number of hydrogen-bond acceptors (Lipinski definition) is 3. The molecule has 0 radical (unpaired) electrons. The van der Waals surface area contributed by atoms with Crippen molar-refractivity contribution in [3.05, 3.63) is 65.7 Å². The van der Waals surface area contributed by atoms with Crippen molar-refractivity contribution in [3.63, 3.8) is 0 Å². The molecule has 0 fully saturated rings. The van der Waals surface area contributed by atoms with Crippen LogP contribution in [0.15, 0.2) is 54.6 Å². The molecule has 2 aromatic rings. The number of benzene rings is 2. The van der Waals surface area contributed by atoms with Gasteiger partial charge in [0.25, 0.3) is 0 Å². The number of unbranched alkanes of at least 4 members (excludes halogenated alkanes) is 1. The minimum Gasteiger partial charge on any atom is -0.428 e. The van der Waals surface area contributed by atoms with Gasteiger partial charge in [-0.2, -0.15) is 0 Å². The summed E-state index contributed by atoms with van der Waals surface area (Å²) in [5.74, 6) is 0.480. The lowest BCUT2D eigenvalue weighted by atomic mass is 10.0. The lowest BCUT2D eigenvalue weighted by Crippen LogP contribution is -2.29. The molecule has 0 spiro atoms. The molecule has 3 nitrogen and oxygen atoms in total. The first-order valence-corrected chi connectivity index (χ1v) is 8.72. The third-order valence-corrected chi connectivity index (χ3v) is 3.84. The zero-order valence-electron chi connectivity index (χ0n) is 15.2. The number of carbonyl (C=O) groups is 1. The maximum atomic E-state index is 11.9. The smallest absolute Gasteiger partial charge is 0.428 e. The van der Waals surface area contributed by atoms with Gasteiger partial charge in [0.2, 0.25) is 0 Å². The Bertz CT molecular complexity index is 685. The Balaban J connectivity index is 1.89. The standard InChI is InChI=1S/C22H26O3/c1-4-5-17-22(2,3)25-21(23)24-20-15-13-19(14-16-20)12-11-18-9-7-6-8-10-18/h6-16H,4-5,17H2,1-3H3. The fourth-order valence-corrected chi connectivity index (χ4v) is 2.40. The fourth-order valence-electron chi connectivity index (χ4n) is 2.40. The van der Waals surface area contributed by atoms with Gasteiger partial charge in [0.15, 0.2) is 0 Å². The monoisotopic (exact) mass is 338 g/mol. The predicted molar refractivity (Wildman–Crippen MR) is 103 cm³/mol. The summed E-state index contributed by atoms with van der Waals surface area (Å²) in [6.45, 7) is 5.92. The highest BCUT2D eigenvalue weighted by atomic mass is 16.7. The van der Waals surface area contributed by atoms with Crippen LogP contribution in [-0.2, 0) is 4.74 Å². The average molecular weight is 338 g/mol. The highest BCUT2D eigenvalue weighted by Gasteiger charge is 2.23. The summed E-state index contributed by atoms with van der Waals surface area (Å²) >= 11 is 0. The van der Waals surface area contributed by atoms with Crippen LogP contribution in [0.2, 0.25) is 0 Å². The first kappa shape index (κ1) is 18.8. The highest BCUT2D eigenvalue weighted by molar-refractivity contribution is 5.70. The van der Waals surface area contributed by atoms with Gasteiger partial charge in [-0.15, -0.1) is 0 Å². The van der Waals surface area contributed by atoms with Gasteiger partial charge in [-0.1, -0.05) is 68.0 Å². The molecule has 2 rings (SSSR count). The van der Waals surface area contributed by atoms with E-state index >= 15 is 0 Å². The van der Waals surface area contributed by atoms with E-state index in [1.165, 1.54) is 0 Å². The number of carbonyl (C=O) groups excluding carboxylic acids is 1. The maximum Gasteiger partial charge on any atom is 0.514 e. The normalized spacial score (nSPS) is 11.5. The molecule has 3 heteroatoms. The first-order chi connectivity index (χ1) is 12.0. The topological polar surface area (TPSA) is 35.5 Å². The Morgan fingerprint density at radius 1 is 0.960 bits per heavy atom. The minimum absolute atomic E-state index is 0.480. The van der Waals surface area contributed by atoms with Crippen LogP contribution < -0.4 is 4.74 Å². The molecule has 0 aliphatic rings.